The second-order valence-electron chi connectivity index (χ2n) is 7.42. The van der Waals surface area contributed by atoms with Crippen molar-refractivity contribution in [1.82, 2.24) is 24.1 Å². The van der Waals surface area contributed by atoms with Crippen LogP contribution in [-0.2, 0) is 17.9 Å². The van der Waals surface area contributed by atoms with Crippen LogP contribution < -0.4 is 5.56 Å². The molecule has 0 aliphatic heterocycles. The van der Waals surface area contributed by atoms with Crippen molar-refractivity contribution in [3.05, 3.63) is 82.9 Å². The van der Waals surface area contributed by atoms with Gasteiger partial charge in [-0.2, -0.15) is 0 Å². The maximum Gasteiger partial charge on any atom is 0.263 e. The van der Waals surface area contributed by atoms with Crippen molar-refractivity contribution in [2.45, 2.75) is 30.4 Å². The number of benzene rings is 2. The molecule has 0 aliphatic carbocycles. The fraction of sp³-hybridized carbons (Fsp3) is 0.217. The van der Waals surface area contributed by atoms with Gasteiger partial charge in [-0.3, -0.25) is 18.6 Å². The van der Waals surface area contributed by atoms with Crippen molar-refractivity contribution in [2.24, 2.45) is 0 Å². The molecule has 1 amide bonds. The summed E-state index contributed by atoms with van der Waals surface area (Å²) < 4.78 is 16.8. The average molecular weight is 452 g/mol. The number of carbonyl (C=O) groups excluding carboxylic acids is 1. The first-order valence-corrected chi connectivity index (χ1v) is 10.9. The van der Waals surface area contributed by atoms with Gasteiger partial charge in [0.2, 0.25) is 11.7 Å². The molecule has 0 radical (unpaired) electrons. The molecule has 0 spiro atoms. The number of halogens is 1. The Labute approximate surface area is 188 Å². The van der Waals surface area contributed by atoms with Crippen LogP contribution in [0.15, 0.2) is 71.1 Å². The van der Waals surface area contributed by atoms with Crippen LogP contribution in [0.25, 0.3) is 16.7 Å². The molecule has 2 aromatic heterocycles. The Hall–Kier alpha value is -3.46. The molecule has 0 saturated carbocycles. The molecule has 0 saturated heterocycles. The number of rotatable bonds is 7. The number of aromatic nitrogens is 4. The fourth-order valence-corrected chi connectivity index (χ4v) is 4.58. The smallest absolute Gasteiger partial charge is 0.263 e. The van der Waals surface area contributed by atoms with E-state index in [4.69, 9.17) is 0 Å². The summed E-state index contributed by atoms with van der Waals surface area (Å²) in [6.45, 7) is 6.10. The van der Waals surface area contributed by atoms with Crippen molar-refractivity contribution in [3.8, 4) is 0 Å². The Morgan fingerprint density at radius 2 is 2.03 bits per heavy atom. The largest absolute Gasteiger partial charge is 0.340 e. The highest BCUT2D eigenvalue weighted by molar-refractivity contribution is 8.00. The molecule has 2 aromatic carbocycles. The first-order chi connectivity index (χ1) is 15.4. The zero-order valence-corrected chi connectivity index (χ0v) is 18.6. The van der Waals surface area contributed by atoms with Crippen LogP contribution in [0.1, 0.15) is 12.5 Å². The van der Waals surface area contributed by atoms with Gasteiger partial charge in [-0.05, 0) is 36.8 Å². The predicted octanol–water partition coefficient (Wildman–Crippen LogP) is 3.51. The highest BCUT2D eigenvalue weighted by Gasteiger charge is 2.23. The summed E-state index contributed by atoms with van der Waals surface area (Å²) in [6, 6.07) is 13.4. The number of amides is 1. The maximum absolute atomic E-state index is 13.5. The van der Waals surface area contributed by atoms with E-state index >= 15 is 0 Å². The Bertz CT molecular complexity index is 1380. The standard InChI is InChI=1S/C23H22FN5O2S/c1-4-12-28-21(31)18-10-5-6-11-19(18)29-22(28)25-26-23(29)32-15(2)20(30)27(3)14-16-8-7-9-17(24)13-16/h4-11,13,15H,1,12,14H2,2-3H3. The zero-order valence-electron chi connectivity index (χ0n) is 17.7. The molecule has 2 heterocycles. The number of para-hydroxylation sites is 1. The van der Waals surface area contributed by atoms with Gasteiger partial charge in [-0.25, -0.2) is 4.39 Å². The molecule has 32 heavy (non-hydrogen) atoms. The second-order valence-corrected chi connectivity index (χ2v) is 8.73. The highest BCUT2D eigenvalue weighted by Crippen LogP contribution is 2.26. The summed E-state index contributed by atoms with van der Waals surface area (Å²) in [5.74, 6) is -0.0678. The van der Waals surface area contributed by atoms with E-state index in [-0.39, 0.29) is 17.3 Å². The highest BCUT2D eigenvalue weighted by atomic mass is 32.2. The van der Waals surface area contributed by atoms with Gasteiger partial charge in [-0.15, -0.1) is 16.8 Å². The van der Waals surface area contributed by atoms with Crippen molar-refractivity contribution < 1.29 is 9.18 Å². The normalized spacial score (nSPS) is 12.2. The minimum Gasteiger partial charge on any atom is -0.340 e. The number of nitrogens with zero attached hydrogens (tertiary/aromatic N) is 5. The topological polar surface area (TPSA) is 72.5 Å². The molecule has 4 rings (SSSR count). The van der Waals surface area contributed by atoms with Crippen LogP contribution in [0.3, 0.4) is 0 Å². The first kappa shape index (κ1) is 21.8. The van der Waals surface area contributed by atoms with E-state index < -0.39 is 5.25 Å². The van der Waals surface area contributed by atoms with E-state index in [1.807, 2.05) is 12.1 Å². The van der Waals surface area contributed by atoms with Crippen LogP contribution in [0.4, 0.5) is 4.39 Å². The molecule has 4 aromatic rings. The van der Waals surface area contributed by atoms with Crippen LogP contribution in [0.2, 0.25) is 0 Å². The molecule has 7 nitrogen and oxygen atoms in total. The SMILES string of the molecule is C=CCn1c(=O)c2ccccc2n2c(SC(C)C(=O)N(C)Cc3cccc(F)c3)nnc12. The number of fused-ring (bicyclic) bond motifs is 3. The van der Waals surface area contributed by atoms with Gasteiger partial charge in [-0.1, -0.05) is 42.1 Å². The zero-order chi connectivity index (χ0) is 22.8. The Morgan fingerprint density at radius 1 is 1.25 bits per heavy atom. The van der Waals surface area contributed by atoms with Crippen LogP contribution in [-0.4, -0.2) is 42.3 Å². The molecule has 9 heteroatoms. The number of hydrogen-bond acceptors (Lipinski definition) is 5. The lowest BCUT2D eigenvalue weighted by molar-refractivity contribution is -0.129. The molecular formula is C23H22FN5O2S. The minimum absolute atomic E-state index is 0.125. The van der Waals surface area contributed by atoms with E-state index in [9.17, 15) is 14.0 Å². The van der Waals surface area contributed by atoms with Gasteiger partial charge in [0.15, 0.2) is 5.16 Å². The predicted molar refractivity (Wildman–Crippen MR) is 123 cm³/mol. The van der Waals surface area contributed by atoms with Crippen LogP contribution in [0, 0.1) is 5.82 Å². The van der Waals surface area contributed by atoms with E-state index in [1.54, 1.807) is 53.6 Å². The Balaban J connectivity index is 1.66. The molecule has 0 aliphatic rings. The Kier molecular flexibility index (Phi) is 6.09. The van der Waals surface area contributed by atoms with Gasteiger partial charge in [0.25, 0.3) is 5.56 Å². The summed E-state index contributed by atoms with van der Waals surface area (Å²) >= 11 is 1.26. The van der Waals surface area contributed by atoms with Crippen molar-refractivity contribution in [2.75, 3.05) is 7.05 Å². The Morgan fingerprint density at radius 3 is 2.78 bits per heavy atom. The third kappa shape index (κ3) is 4.03. The molecular weight excluding hydrogens is 429 g/mol. The lowest BCUT2D eigenvalue weighted by Gasteiger charge is -2.21. The van der Waals surface area contributed by atoms with E-state index in [2.05, 4.69) is 16.8 Å². The number of hydrogen-bond donors (Lipinski definition) is 0. The van der Waals surface area contributed by atoms with Gasteiger partial charge in [0, 0.05) is 20.1 Å². The van der Waals surface area contributed by atoms with E-state index in [0.717, 1.165) is 0 Å². The number of carbonyl (C=O) groups is 1. The minimum atomic E-state index is -0.473. The van der Waals surface area contributed by atoms with Crippen molar-refractivity contribution in [1.29, 1.82) is 0 Å². The lowest BCUT2D eigenvalue weighted by Crippen LogP contribution is -2.33. The molecule has 1 unspecified atom stereocenters. The quantitative estimate of drug-likeness (QED) is 0.318. The maximum atomic E-state index is 13.5. The molecule has 0 bridgehead atoms. The monoisotopic (exact) mass is 451 g/mol. The van der Waals surface area contributed by atoms with Gasteiger partial charge >= 0.3 is 0 Å². The summed E-state index contributed by atoms with van der Waals surface area (Å²) in [6.07, 6.45) is 1.63. The second kappa shape index (κ2) is 8.96. The number of thioether (sulfide) groups is 1. The summed E-state index contributed by atoms with van der Waals surface area (Å²) in [5, 5.41) is 9.06. The van der Waals surface area contributed by atoms with Gasteiger partial charge in [0.1, 0.15) is 5.82 Å². The fourth-order valence-electron chi connectivity index (χ4n) is 3.61. The van der Waals surface area contributed by atoms with Crippen molar-refractivity contribution in [3.63, 3.8) is 0 Å². The van der Waals surface area contributed by atoms with Gasteiger partial charge in [0.05, 0.1) is 16.2 Å². The van der Waals surface area contributed by atoms with E-state index in [1.165, 1.54) is 28.5 Å². The summed E-state index contributed by atoms with van der Waals surface area (Å²) in [5.41, 5.74) is 1.22. The van der Waals surface area contributed by atoms with Crippen LogP contribution in [0.5, 0.6) is 0 Å². The molecule has 0 fully saturated rings. The number of allylic oxidation sites excluding steroid dienone is 1. The van der Waals surface area contributed by atoms with Crippen LogP contribution >= 0.6 is 11.8 Å². The van der Waals surface area contributed by atoms with Crippen molar-refractivity contribution >= 4 is 34.3 Å². The lowest BCUT2D eigenvalue weighted by atomic mass is 10.2. The van der Waals surface area contributed by atoms with Gasteiger partial charge < -0.3 is 4.90 Å². The molecule has 164 valence electrons. The third-order valence-electron chi connectivity index (χ3n) is 5.10. The average Bonchev–Trinajstić information content (AvgIpc) is 3.19. The summed E-state index contributed by atoms with van der Waals surface area (Å²) in [4.78, 5) is 27.4. The first-order valence-electron chi connectivity index (χ1n) is 10.0. The molecule has 1 atom stereocenters. The van der Waals surface area contributed by atoms with E-state index in [0.29, 0.717) is 40.5 Å². The molecule has 0 N–H and O–H groups in total. The third-order valence-corrected chi connectivity index (χ3v) is 6.14. The summed E-state index contributed by atoms with van der Waals surface area (Å²) in [7, 11) is 1.68.